The van der Waals surface area contributed by atoms with E-state index in [9.17, 15) is 4.79 Å². The summed E-state index contributed by atoms with van der Waals surface area (Å²) in [6.45, 7) is 0. The van der Waals surface area contributed by atoms with Gasteiger partial charge in [-0.25, -0.2) is 0 Å². The van der Waals surface area contributed by atoms with Gasteiger partial charge in [-0.05, 0) is 24.3 Å². The lowest BCUT2D eigenvalue weighted by atomic mass is 10.2. The molecule has 0 saturated carbocycles. The SMILES string of the molecule is O=C(C[S+]1c2ccccc2Oc2ccccc21)c1ccccc1. The lowest BCUT2D eigenvalue weighted by molar-refractivity contribution is 0.102. The largest absolute Gasteiger partial charge is 0.447 e. The van der Waals surface area contributed by atoms with Crippen molar-refractivity contribution >= 4 is 16.7 Å². The summed E-state index contributed by atoms with van der Waals surface area (Å²) in [5, 5.41) is 0. The monoisotopic (exact) mass is 319 g/mol. The predicted molar refractivity (Wildman–Crippen MR) is 92.5 cm³/mol. The number of ether oxygens (including phenoxy) is 1. The summed E-state index contributed by atoms with van der Waals surface area (Å²) >= 11 is 0. The summed E-state index contributed by atoms with van der Waals surface area (Å²) in [5.74, 6) is 2.35. The van der Waals surface area contributed by atoms with Gasteiger partial charge in [0.15, 0.2) is 17.3 Å². The normalized spacial score (nSPS) is 12.9. The molecule has 0 bridgehead atoms. The van der Waals surface area contributed by atoms with Gasteiger partial charge in [0.1, 0.15) is 0 Å². The van der Waals surface area contributed by atoms with Crippen LogP contribution in [0.3, 0.4) is 0 Å². The van der Waals surface area contributed by atoms with Crippen LogP contribution in [0, 0.1) is 0 Å². The van der Waals surface area contributed by atoms with E-state index in [1.165, 1.54) is 0 Å². The third kappa shape index (κ3) is 2.64. The van der Waals surface area contributed by atoms with E-state index in [2.05, 4.69) is 12.1 Å². The molecule has 2 nitrogen and oxygen atoms in total. The third-order valence-corrected chi connectivity index (χ3v) is 6.11. The van der Waals surface area contributed by atoms with Gasteiger partial charge in [0.25, 0.3) is 0 Å². The van der Waals surface area contributed by atoms with Crippen LogP contribution in [0.5, 0.6) is 11.5 Å². The molecular formula is C20H15O2S+. The Labute approximate surface area is 138 Å². The van der Waals surface area contributed by atoms with Crippen LogP contribution in [0.4, 0.5) is 0 Å². The Hall–Kier alpha value is -2.52. The molecule has 0 saturated heterocycles. The Morgan fingerprint density at radius 3 is 1.87 bits per heavy atom. The van der Waals surface area contributed by atoms with E-state index in [1.807, 2.05) is 66.7 Å². The van der Waals surface area contributed by atoms with Gasteiger partial charge in [-0.15, -0.1) is 0 Å². The summed E-state index contributed by atoms with van der Waals surface area (Å²) in [7, 11) is -0.300. The van der Waals surface area contributed by atoms with E-state index in [4.69, 9.17) is 4.74 Å². The highest BCUT2D eigenvalue weighted by Crippen LogP contribution is 2.43. The van der Waals surface area contributed by atoms with Gasteiger partial charge in [-0.1, -0.05) is 54.6 Å². The van der Waals surface area contributed by atoms with Crippen molar-refractivity contribution in [2.45, 2.75) is 9.79 Å². The minimum atomic E-state index is -0.300. The maximum Gasteiger partial charge on any atom is 0.212 e. The van der Waals surface area contributed by atoms with Crippen LogP contribution < -0.4 is 4.74 Å². The molecule has 1 aliphatic heterocycles. The average molecular weight is 319 g/mol. The Kier molecular flexibility index (Phi) is 3.64. The molecule has 0 radical (unpaired) electrons. The molecule has 112 valence electrons. The first kappa shape index (κ1) is 14.1. The molecule has 3 heteroatoms. The smallest absolute Gasteiger partial charge is 0.212 e. The van der Waals surface area contributed by atoms with E-state index >= 15 is 0 Å². The standard InChI is InChI=1S/C20H15O2S/c21-16(15-8-2-1-3-9-15)14-23-19-12-6-4-10-17(19)22-18-11-5-7-13-20(18)23/h1-13H,14H2/q+1. The Morgan fingerprint density at radius 1 is 0.739 bits per heavy atom. The Balaban J connectivity index is 1.74. The summed E-state index contributed by atoms with van der Waals surface area (Å²) in [4.78, 5) is 14.9. The minimum absolute atomic E-state index is 0.167. The van der Waals surface area contributed by atoms with Gasteiger partial charge in [-0.3, -0.25) is 4.79 Å². The summed E-state index contributed by atoms with van der Waals surface area (Å²) in [6.07, 6.45) is 0. The van der Waals surface area contributed by atoms with Gasteiger partial charge < -0.3 is 4.74 Å². The van der Waals surface area contributed by atoms with Gasteiger partial charge in [-0.2, -0.15) is 0 Å². The van der Waals surface area contributed by atoms with Gasteiger partial charge in [0, 0.05) is 5.56 Å². The maximum atomic E-state index is 12.7. The Bertz CT molecular complexity index is 813. The fourth-order valence-corrected chi connectivity index (χ4v) is 4.87. The fraction of sp³-hybridized carbons (Fsp3) is 0.0500. The first-order valence-electron chi connectivity index (χ1n) is 7.48. The molecule has 0 fully saturated rings. The molecule has 0 aliphatic carbocycles. The zero-order chi connectivity index (χ0) is 15.6. The van der Waals surface area contributed by atoms with E-state index in [-0.39, 0.29) is 16.7 Å². The molecule has 0 amide bonds. The van der Waals surface area contributed by atoms with Crippen LogP contribution in [-0.2, 0) is 10.9 Å². The lowest BCUT2D eigenvalue weighted by Crippen LogP contribution is -2.21. The van der Waals surface area contributed by atoms with Crippen LogP contribution in [0.2, 0.25) is 0 Å². The van der Waals surface area contributed by atoms with Gasteiger partial charge in [0.05, 0.1) is 10.9 Å². The van der Waals surface area contributed by atoms with E-state index in [1.54, 1.807) is 0 Å². The quantitative estimate of drug-likeness (QED) is 0.516. The van der Waals surface area contributed by atoms with Crippen molar-refractivity contribution in [1.29, 1.82) is 0 Å². The molecule has 3 aromatic carbocycles. The third-order valence-electron chi connectivity index (χ3n) is 3.82. The molecular weight excluding hydrogens is 304 g/mol. The number of ketones is 1. The number of hydrogen-bond donors (Lipinski definition) is 0. The number of para-hydroxylation sites is 2. The summed E-state index contributed by atoms with van der Waals surface area (Å²) in [6, 6.07) is 25.5. The predicted octanol–water partition coefficient (Wildman–Crippen LogP) is 4.71. The maximum absolute atomic E-state index is 12.7. The lowest BCUT2D eigenvalue weighted by Gasteiger charge is -2.19. The zero-order valence-electron chi connectivity index (χ0n) is 12.4. The first-order chi connectivity index (χ1) is 11.3. The molecule has 0 N–H and O–H groups in total. The fourth-order valence-electron chi connectivity index (χ4n) is 2.71. The highest BCUT2D eigenvalue weighted by atomic mass is 32.2. The second kappa shape index (κ2) is 5.94. The van der Waals surface area contributed by atoms with Gasteiger partial charge in [0.2, 0.25) is 15.6 Å². The van der Waals surface area contributed by atoms with E-state index < -0.39 is 0 Å². The highest BCUT2D eigenvalue weighted by Gasteiger charge is 2.38. The molecule has 0 spiro atoms. The first-order valence-corrected chi connectivity index (χ1v) is 8.87. The van der Waals surface area contributed by atoms with Gasteiger partial charge >= 0.3 is 0 Å². The number of carbonyl (C=O) groups excluding carboxylic acids is 1. The van der Waals surface area contributed by atoms with Crippen molar-refractivity contribution in [2.24, 2.45) is 0 Å². The number of hydrogen-bond acceptors (Lipinski definition) is 2. The zero-order valence-corrected chi connectivity index (χ0v) is 13.3. The molecule has 3 aromatic rings. The molecule has 0 atom stereocenters. The van der Waals surface area contributed by atoms with Crippen LogP contribution in [0.15, 0.2) is 88.7 Å². The Morgan fingerprint density at radius 2 is 1.26 bits per heavy atom. The minimum Gasteiger partial charge on any atom is -0.447 e. The summed E-state index contributed by atoms with van der Waals surface area (Å²) < 4.78 is 5.99. The average Bonchev–Trinajstić information content (AvgIpc) is 2.62. The van der Waals surface area contributed by atoms with Crippen molar-refractivity contribution in [2.75, 3.05) is 5.75 Å². The number of benzene rings is 3. The topological polar surface area (TPSA) is 26.3 Å². The molecule has 23 heavy (non-hydrogen) atoms. The van der Waals surface area contributed by atoms with Crippen molar-refractivity contribution in [1.82, 2.24) is 0 Å². The van der Waals surface area contributed by atoms with E-state index in [0.29, 0.717) is 5.75 Å². The highest BCUT2D eigenvalue weighted by molar-refractivity contribution is 7.97. The number of Topliss-reactive ketones (excluding diaryl/α,β-unsaturated/α-hetero) is 1. The second-order valence-corrected chi connectivity index (χ2v) is 7.27. The van der Waals surface area contributed by atoms with E-state index in [0.717, 1.165) is 26.9 Å². The van der Waals surface area contributed by atoms with Crippen LogP contribution in [-0.4, -0.2) is 11.5 Å². The van der Waals surface area contributed by atoms with Crippen LogP contribution >= 0.6 is 0 Å². The molecule has 0 unspecified atom stereocenters. The molecule has 0 aromatic heterocycles. The number of fused-ring (bicyclic) bond motifs is 2. The molecule has 4 rings (SSSR count). The number of rotatable bonds is 3. The van der Waals surface area contributed by atoms with Crippen molar-refractivity contribution in [3.05, 3.63) is 84.4 Å². The summed E-state index contributed by atoms with van der Waals surface area (Å²) in [5.41, 5.74) is 0.765. The van der Waals surface area contributed by atoms with Crippen molar-refractivity contribution in [3.63, 3.8) is 0 Å². The number of carbonyl (C=O) groups is 1. The van der Waals surface area contributed by atoms with Crippen molar-refractivity contribution < 1.29 is 9.53 Å². The van der Waals surface area contributed by atoms with Crippen molar-refractivity contribution in [3.8, 4) is 11.5 Å². The van der Waals surface area contributed by atoms with Crippen LogP contribution in [0.1, 0.15) is 10.4 Å². The second-order valence-electron chi connectivity index (χ2n) is 5.32. The molecule has 1 aliphatic rings. The molecule has 1 heterocycles. The van der Waals surface area contributed by atoms with Crippen LogP contribution in [0.25, 0.3) is 0 Å².